The van der Waals surface area contributed by atoms with Gasteiger partial charge in [-0.15, -0.1) is 0 Å². The molecule has 31 heavy (non-hydrogen) atoms. The van der Waals surface area contributed by atoms with Gasteiger partial charge in [0.1, 0.15) is 0 Å². The van der Waals surface area contributed by atoms with Gasteiger partial charge in [0.05, 0.1) is 37.2 Å². The third-order valence-electron chi connectivity index (χ3n) is 6.62. The Bertz CT molecular complexity index is 888. The molecule has 6 atom stereocenters. The first kappa shape index (κ1) is 21.5. The zero-order valence-corrected chi connectivity index (χ0v) is 17.3. The number of nitrogens with zero attached hydrogens (tertiary/aromatic N) is 2. The number of carbonyl (C=O) groups excluding carboxylic acids is 3. The van der Waals surface area contributed by atoms with Crippen molar-refractivity contribution in [1.82, 2.24) is 10.3 Å². The molecule has 1 saturated heterocycles. The first-order valence-corrected chi connectivity index (χ1v) is 10.7. The molecular weight excluding hydrogens is 402 g/mol. The highest BCUT2D eigenvalue weighted by Crippen LogP contribution is 2.49. The maximum absolute atomic E-state index is 13.3. The summed E-state index contributed by atoms with van der Waals surface area (Å²) in [7, 11) is 0. The number of hydrogen-bond donors (Lipinski definition) is 3. The minimum Gasteiger partial charge on any atom is -0.449 e. The SMILES string of the molecule is CCOC(=O)NN=C1C[C@@H](O)[C@@H](O)[C@@H]2[C@@H]3C(=O)N(Cc4ccccc4)C(=O)[C@@H]3CC[C@@H]12. The summed E-state index contributed by atoms with van der Waals surface area (Å²) in [5.41, 5.74) is 3.68. The van der Waals surface area contributed by atoms with E-state index in [0.29, 0.717) is 18.6 Å². The second-order valence-electron chi connectivity index (χ2n) is 8.34. The van der Waals surface area contributed by atoms with Gasteiger partial charge in [0, 0.05) is 24.0 Å². The van der Waals surface area contributed by atoms with Gasteiger partial charge in [-0.05, 0) is 25.3 Å². The number of hydrazone groups is 1. The van der Waals surface area contributed by atoms with E-state index >= 15 is 0 Å². The Balaban J connectivity index is 1.59. The summed E-state index contributed by atoms with van der Waals surface area (Å²) in [5, 5.41) is 25.4. The van der Waals surface area contributed by atoms with Crippen molar-refractivity contribution in [3.8, 4) is 0 Å². The van der Waals surface area contributed by atoms with Crippen LogP contribution in [0.25, 0.3) is 0 Å². The van der Waals surface area contributed by atoms with Gasteiger partial charge < -0.3 is 14.9 Å². The molecule has 1 aromatic rings. The lowest BCUT2D eigenvalue weighted by molar-refractivity contribution is -0.142. The van der Waals surface area contributed by atoms with Crippen LogP contribution in [0.4, 0.5) is 4.79 Å². The van der Waals surface area contributed by atoms with Crippen LogP contribution in [0, 0.1) is 23.7 Å². The molecule has 1 aliphatic heterocycles. The number of imide groups is 1. The van der Waals surface area contributed by atoms with Crippen LogP contribution in [0.3, 0.4) is 0 Å². The van der Waals surface area contributed by atoms with Crippen LogP contribution in [0.15, 0.2) is 35.4 Å². The van der Waals surface area contributed by atoms with Crippen molar-refractivity contribution >= 4 is 23.6 Å². The summed E-state index contributed by atoms with van der Waals surface area (Å²) in [6.07, 6.45) is -1.87. The smallest absolute Gasteiger partial charge is 0.427 e. The summed E-state index contributed by atoms with van der Waals surface area (Å²) >= 11 is 0. The van der Waals surface area contributed by atoms with Crippen molar-refractivity contribution in [2.24, 2.45) is 28.8 Å². The normalized spacial score (nSPS) is 33.8. The highest BCUT2D eigenvalue weighted by molar-refractivity contribution is 6.06. The molecule has 4 rings (SSSR count). The van der Waals surface area contributed by atoms with Crippen molar-refractivity contribution < 1.29 is 29.3 Å². The average molecular weight is 429 g/mol. The number of aliphatic hydroxyl groups excluding tert-OH is 2. The highest BCUT2D eigenvalue weighted by Gasteiger charge is 2.59. The zero-order chi connectivity index (χ0) is 22.1. The number of likely N-dealkylation sites (tertiary alicyclic amines) is 1. The van der Waals surface area contributed by atoms with Gasteiger partial charge in [0.15, 0.2) is 0 Å². The molecule has 0 radical (unpaired) electrons. The Hall–Kier alpha value is -2.78. The standard InChI is InChI=1S/C22H27N3O6/c1-2-31-22(30)24-23-15-10-16(26)19(27)17-13(15)8-9-14-18(17)21(29)25(20(14)28)11-12-6-4-3-5-7-12/h3-7,13-14,16-19,26-27H,2,8-11H2,1H3,(H,24,30)/t13-,14+,16+,17-,18+,19+/m0/s1. The monoisotopic (exact) mass is 429 g/mol. The van der Waals surface area contributed by atoms with E-state index in [1.165, 1.54) is 4.90 Å². The van der Waals surface area contributed by atoms with Crippen LogP contribution in [-0.4, -0.2) is 57.5 Å². The molecule has 1 aromatic carbocycles. The molecule has 1 heterocycles. The number of carbonyl (C=O) groups is 3. The molecule has 0 bridgehead atoms. The molecule has 2 saturated carbocycles. The Morgan fingerprint density at radius 2 is 1.87 bits per heavy atom. The van der Waals surface area contributed by atoms with E-state index in [9.17, 15) is 24.6 Å². The molecule has 2 aliphatic carbocycles. The third-order valence-corrected chi connectivity index (χ3v) is 6.62. The Labute approximate surface area is 180 Å². The van der Waals surface area contributed by atoms with Gasteiger partial charge >= 0.3 is 6.09 Å². The van der Waals surface area contributed by atoms with E-state index in [4.69, 9.17) is 4.74 Å². The number of hydrogen-bond acceptors (Lipinski definition) is 7. The van der Waals surface area contributed by atoms with E-state index in [2.05, 4.69) is 10.5 Å². The lowest BCUT2D eigenvalue weighted by Crippen LogP contribution is -2.55. The van der Waals surface area contributed by atoms with Crippen molar-refractivity contribution in [1.29, 1.82) is 0 Å². The van der Waals surface area contributed by atoms with Crippen LogP contribution in [0.1, 0.15) is 31.7 Å². The first-order chi connectivity index (χ1) is 14.9. The molecule has 0 spiro atoms. The van der Waals surface area contributed by atoms with Crippen molar-refractivity contribution in [2.75, 3.05) is 6.61 Å². The molecular formula is C22H27N3O6. The second-order valence-corrected chi connectivity index (χ2v) is 8.34. The molecule has 3 fully saturated rings. The number of rotatable bonds is 4. The number of amides is 3. The highest BCUT2D eigenvalue weighted by atomic mass is 16.5. The van der Waals surface area contributed by atoms with Gasteiger partial charge in [0.2, 0.25) is 11.8 Å². The lowest BCUT2D eigenvalue weighted by Gasteiger charge is -2.45. The summed E-state index contributed by atoms with van der Waals surface area (Å²) in [5.74, 6) is -2.73. The average Bonchev–Trinajstić information content (AvgIpc) is 3.00. The maximum atomic E-state index is 13.3. The minimum absolute atomic E-state index is 0.0853. The van der Waals surface area contributed by atoms with E-state index in [1.807, 2.05) is 30.3 Å². The number of fused-ring (bicyclic) bond motifs is 3. The van der Waals surface area contributed by atoms with Gasteiger partial charge in [-0.1, -0.05) is 30.3 Å². The van der Waals surface area contributed by atoms with Crippen LogP contribution >= 0.6 is 0 Å². The van der Waals surface area contributed by atoms with Gasteiger partial charge in [-0.25, -0.2) is 10.2 Å². The Morgan fingerprint density at radius 3 is 2.58 bits per heavy atom. The fourth-order valence-corrected chi connectivity index (χ4v) is 5.27. The fourth-order valence-electron chi connectivity index (χ4n) is 5.27. The summed E-state index contributed by atoms with van der Waals surface area (Å²) in [6.45, 7) is 2.06. The largest absolute Gasteiger partial charge is 0.449 e. The molecule has 3 amide bonds. The van der Waals surface area contributed by atoms with E-state index in [0.717, 1.165) is 5.56 Å². The Morgan fingerprint density at radius 1 is 1.16 bits per heavy atom. The van der Waals surface area contributed by atoms with Crippen LogP contribution in [0.2, 0.25) is 0 Å². The topological polar surface area (TPSA) is 129 Å². The predicted octanol–water partition coefficient (Wildman–Crippen LogP) is 1.04. The van der Waals surface area contributed by atoms with E-state index in [1.54, 1.807) is 6.92 Å². The van der Waals surface area contributed by atoms with Crippen LogP contribution in [-0.2, 0) is 20.9 Å². The zero-order valence-electron chi connectivity index (χ0n) is 17.3. The Kier molecular flexibility index (Phi) is 6.06. The van der Waals surface area contributed by atoms with Crippen molar-refractivity contribution in [3.63, 3.8) is 0 Å². The van der Waals surface area contributed by atoms with E-state index in [-0.39, 0.29) is 37.3 Å². The number of nitrogens with one attached hydrogen (secondary N) is 1. The second kappa shape index (κ2) is 8.76. The number of benzene rings is 1. The molecule has 0 aromatic heterocycles. The molecule has 9 heteroatoms. The molecule has 3 N–H and O–H groups in total. The summed E-state index contributed by atoms with van der Waals surface area (Å²) in [6, 6.07) is 9.28. The fraction of sp³-hybridized carbons (Fsp3) is 0.545. The van der Waals surface area contributed by atoms with E-state index < -0.39 is 36.1 Å². The van der Waals surface area contributed by atoms with Gasteiger partial charge in [-0.3, -0.25) is 14.5 Å². The molecule has 9 nitrogen and oxygen atoms in total. The van der Waals surface area contributed by atoms with Crippen molar-refractivity contribution in [3.05, 3.63) is 35.9 Å². The van der Waals surface area contributed by atoms with Crippen molar-refractivity contribution in [2.45, 2.75) is 44.9 Å². The summed E-state index contributed by atoms with van der Waals surface area (Å²) in [4.78, 5) is 39.2. The number of ether oxygens (including phenoxy) is 1. The van der Waals surface area contributed by atoms with Gasteiger partial charge in [-0.2, -0.15) is 5.10 Å². The number of aliphatic hydroxyl groups is 2. The molecule has 166 valence electrons. The van der Waals surface area contributed by atoms with Gasteiger partial charge in [0.25, 0.3) is 0 Å². The maximum Gasteiger partial charge on any atom is 0.427 e. The third kappa shape index (κ3) is 3.95. The quantitative estimate of drug-likeness (QED) is 0.485. The lowest BCUT2D eigenvalue weighted by atomic mass is 9.60. The molecule has 3 aliphatic rings. The minimum atomic E-state index is -1.15. The summed E-state index contributed by atoms with van der Waals surface area (Å²) < 4.78 is 4.81. The van der Waals surface area contributed by atoms with Crippen LogP contribution < -0.4 is 5.43 Å². The van der Waals surface area contributed by atoms with Crippen LogP contribution in [0.5, 0.6) is 0 Å². The molecule has 0 unspecified atom stereocenters. The predicted molar refractivity (Wildman–Crippen MR) is 109 cm³/mol. The first-order valence-electron chi connectivity index (χ1n) is 10.7.